The summed E-state index contributed by atoms with van der Waals surface area (Å²) in [4.78, 5) is 0. The summed E-state index contributed by atoms with van der Waals surface area (Å²) >= 11 is 0. The molecule has 19 heavy (non-hydrogen) atoms. The van der Waals surface area contributed by atoms with Gasteiger partial charge in [0.25, 0.3) is 0 Å². The van der Waals surface area contributed by atoms with Crippen molar-refractivity contribution in [3.05, 3.63) is 29.3 Å². The second-order valence-corrected chi connectivity index (χ2v) is 5.85. The SMILES string of the molecule is CCCC(C)COc1ccc(C)cc1CNC(C)C. The fraction of sp³-hybridized carbons (Fsp3) is 0.647. The topological polar surface area (TPSA) is 21.3 Å². The van der Waals surface area contributed by atoms with Gasteiger partial charge in [-0.05, 0) is 25.3 Å². The molecule has 0 fully saturated rings. The maximum absolute atomic E-state index is 6.00. The smallest absolute Gasteiger partial charge is 0.123 e. The third-order valence-corrected chi connectivity index (χ3v) is 3.22. The van der Waals surface area contributed by atoms with Crippen LogP contribution in [0.1, 0.15) is 51.7 Å². The van der Waals surface area contributed by atoms with E-state index in [-0.39, 0.29) is 0 Å². The molecule has 0 aromatic heterocycles. The van der Waals surface area contributed by atoms with Crippen molar-refractivity contribution in [1.29, 1.82) is 0 Å². The van der Waals surface area contributed by atoms with E-state index in [1.807, 2.05) is 0 Å². The first-order chi connectivity index (χ1) is 9.02. The van der Waals surface area contributed by atoms with Gasteiger partial charge in [-0.3, -0.25) is 0 Å². The normalized spacial score (nSPS) is 12.7. The van der Waals surface area contributed by atoms with Crippen LogP contribution in [0.15, 0.2) is 18.2 Å². The van der Waals surface area contributed by atoms with Gasteiger partial charge in [0.05, 0.1) is 6.61 Å². The van der Waals surface area contributed by atoms with Crippen LogP contribution in [0.4, 0.5) is 0 Å². The quantitative estimate of drug-likeness (QED) is 0.754. The van der Waals surface area contributed by atoms with Crippen molar-refractivity contribution in [3.8, 4) is 5.75 Å². The van der Waals surface area contributed by atoms with Gasteiger partial charge in [-0.25, -0.2) is 0 Å². The van der Waals surface area contributed by atoms with Gasteiger partial charge < -0.3 is 10.1 Å². The predicted octanol–water partition coefficient (Wildman–Crippen LogP) is 4.31. The van der Waals surface area contributed by atoms with Crippen molar-refractivity contribution >= 4 is 0 Å². The van der Waals surface area contributed by atoms with Gasteiger partial charge in [0.1, 0.15) is 5.75 Å². The van der Waals surface area contributed by atoms with Crippen molar-refractivity contribution in [1.82, 2.24) is 5.32 Å². The fourth-order valence-electron chi connectivity index (χ4n) is 2.11. The average molecular weight is 263 g/mol. The molecule has 2 heteroatoms. The summed E-state index contributed by atoms with van der Waals surface area (Å²) in [5.74, 6) is 1.65. The van der Waals surface area contributed by atoms with Crippen LogP contribution in [0.3, 0.4) is 0 Å². The van der Waals surface area contributed by atoms with Crippen LogP contribution in [0.2, 0.25) is 0 Å². The molecule has 1 rings (SSSR count). The minimum absolute atomic E-state index is 0.493. The van der Waals surface area contributed by atoms with Gasteiger partial charge in [-0.1, -0.05) is 51.8 Å². The Morgan fingerprint density at radius 2 is 1.95 bits per heavy atom. The Morgan fingerprint density at radius 3 is 2.58 bits per heavy atom. The minimum atomic E-state index is 0.493. The van der Waals surface area contributed by atoms with Crippen LogP contribution < -0.4 is 10.1 Å². The zero-order valence-electron chi connectivity index (χ0n) is 13.1. The number of aryl methyl sites for hydroxylation is 1. The minimum Gasteiger partial charge on any atom is -0.493 e. The standard InChI is InChI=1S/C17H29NO/c1-6-7-15(5)12-19-17-9-8-14(4)10-16(17)11-18-13(2)3/h8-10,13,15,18H,6-7,11-12H2,1-5H3. The van der Waals surface area contributed by atoms with Crippen molar-refractivity contribution < 1.29 is 4.74 Å². The molecule has 1 atom stereocenters. The number of nitrogens with one attached hydrogen (secondary N) is 1. The predicted molar refractivity (Wildman–Crippen MR) is 82.7 cm³/mol. The molecule has 0 saturated carbocycles. The first-order valence-corrected chi connectivity index (χ1v) is 7.48. The summed E-state index contributed by atoms with van der Waals surface area (Å²) in [5, 5.41) is 3.46. The molecule has 0 aliphatic rings. The van der Waals surface area contributed by atoms with Crippen LogP contribution in [-0.2, 0) is 6.54 Å². The van der Waals surface area contributed by atoms with E-state index in [9.17, 15) is 0 Å². The van der Waals surface area contributed by atoms with E-state index >= 15 is 0 Å². The summed E-state index contributed by atoms with van der Waals surface area (Å²) in [6, 6.07) is 6.94. The molecule has 1 N–H and O–H groups in total. The lowest BCUT2D eigenvalue weighted by Gasteiger charge is -2.17. The van der Waals surface area contributed by atoms with Crippen molar-refractivity contribution in [2.75, 3.05) is 6.61 Å². The van der Waals surface area contributed by atoms with Gasteiger partial charge in [-0.2, -0.15) is 0 Å². The highest BCUT2D eigenvalue weighted by Crippen LogP contribution is 2.21. The van der Waals surface area contributed by atoms with E-state index in [1.165, 1.54) is 24.0 Å². The van der Waals surface area contributed by atoms with Crippen LogP contribution in [0, 0.1) is 12.8 Å². The van der Waals surface area contributed by atoms with E-state index in [2.05, 4.69) is 58.1 Å². The lowest BCUT2D eigenvalue weighted by atomic mass is 10.1. The molecule has 1 aromatic rings. The van der Waals surface area contributed by atoms with E-state index in [0.29, 0.717) is 12.0 Å². The molecule has 0 radical (unpaired) electrons. The van der Waals surface area contributed by atoms with Gasteiger partial charge in [-0.15, -0.1) is 0 Å². The zero-order chi connectivity index (χ0) is 14.3. The zero-order valence-corrected chi connectivity index (χ0v) is 13.1. The second-order valence-electron chi connectivity index (χ2n) is 5.85. The monoisotopic (exact) mass is 263 g/mol. The third-order valence-electron chi connectivity index (χ3n) is 3.22. The molecule has 108 valence electrons. The Balaban J connectivity index is 2.65. The molecule has 1 aromatic carbocycles. The Bertz CT molecular complexity index is 374. The summed E-state index contributed by atoms with van der Waals surface area (Å²) in [5.41, 5.74) is 2.55. The lowest BCUT2D eigenvalue weighted by Crippen LogP contribution is -2.22. The molecule has 0 amide bonds. The van der Waals surface area contributed by atoms with Crippen molar-refractivity contribution in [2.45, 2.75) is 60.0 Å². The highest BCUT2D eigenvalue weighted by molar-refractivity contribution is 5.36. The second kappa shape index (κ2) is 8.21. The Morgan fingerprint density at radius 1 is 1.21 bits per heavy atom. The Labute approximate surface area is 118 Å². The Kier molecular flexibility index (Phi) is 6.93. The van der Waals surface area contributed by atoms with Crippen LogP contribution in [-0.4, -0.2) is 12.6 Å². The van der Waals surface area contributed by atoms with Crippen LogP contribution in [0.25, 0.3) is 0 Å². The van der Waals surface area contributed by atoms with Crippen LogP contribution >= 0.6 is 0 Å². The maximum Gasteiger partial charge on any atom is 0.123 e. The molecule has 0 heterocycles. The fourth-order valence-corrected chi connectivity index (χ4v) is 2.11. The molecule has 0 saturated heterocycles. The number of benzene rings is 1. The van der Waals surface area contributed by atoms with Gasteiger partial charge in [0.15, 0.2) is 0 Å². The van der Waals surface area contributed by atoms with Crippen LogP contribution in [0.5, 0.6) is 5.75 Å². The molecular formula is C17H29NO. The Hall–Kier alpha value is -1.02. The highest BCUT2D eigenvalue weighted by atomic mass is 16.5. The highest BCUT2D eigenvalue weighted by Gasteiger charge is 2.07. The number of rotatable bonds is 8. The molecule has 0 bridgehead atoms. The first kappa shape index (κ1) is 16.0. The molecule has 0 aliphatic carbocycles. The van der Waals surface area contributed by atoms with Gasteiger partial charge >= 0.3 is 0 Å². The maximum atomic E-state index is 6.00. The van der Waals surface area contributed by atoms with E-state index in [1.54, 1.807) is 0 Å². The van der Waals surface area contributed by atoms with Crippen molar-refractivity contribution in [2.24, 2.45) is 5.92 Å². The third kappa shape index (κ3) is 6.11. The molecule has 0 aliphatic heterocycles. The molecule has 0 spiro atoms. The van der Waals surface area contributed by atoms with E-state index < -0.39 is 0 Å². The number of ether oxygens (including phenoxy) is 1. The average Bonchev–Trinajstić information content (AvgIpc) is 2.35. The summed E-state index contributed by atoms with van der Waals surface area (Å²) < 4.78 is 6.00. The largest absolute Gasteiger partial charge is 0.493 e. The van der Waals surface area contributed by atoms with Crippen molar-refractivity contribution in [3.63, 3.8) is 0 Å². The van der Waals surface area contributed by atoms with E-state index in [0.717, 1.165) is 18.9 Å². The molecule has 2 nitrogen and oxygen atoms in total. The molecule has 1 unspecified atom stereocenters. The van der Waals surface area contributed by atoms with Gasteiger partial charge in [0, 0.05) is 18.2 Å². The van der Waals surface area contributed by atoms with Gasteiger partial charge in [0.2, 0.25) is 0 Å². The van der Waals surface area contributed by atoms with E-state index in [4.69, 9.17) is 4.74 Å². The summed E-state index contributed by atoms with van der Waals surface area (Å²) in [6.45, 7) is 12.6. The summed E-state index contributed by atoms with van der Waals surface area (Å²) in [7, 11) is 0. The molecular weight excluding hydrogens is 234 g/mol. The summed E-state index contributed by atoms with van der Waals surface area (Å²) in [6.07, 6.45) is 2.45. The first-order valence-electron chi connectivity index (χ1n) is 7.48. The number of hydrogen-bond acceptors (Lipinski definition) is 2. The lowest BCUT2D eigenvalue weighted by molar-refractivity contribution is 0.249. The number of hydrogen-bond donors (Lipinski definition) is 1.